The fraction of sp³-hybridized carbons (Fsp3) is 0.265. The molecule has 43 heavy (non-hydrogen) atoms. The van der Waals surface area contributed by atoms with Crippen molar-refractivity contribution in [3.8, 4) is 0 Å². The van der Waals surface area contributed by atoms with Crippen LogP contribution in [0.1, 0.15) is 34.6 Å². The fourth-order valence-corrected chi connectivity index (χ4v) is 9.59. The highest BCUT2D eigenvalue weighted by molar-refractivity contribution is 6.38. The standard InChI is InChI=1S/C34H23Cl2N3O4/c35-18-11-12-24(23(36)14-18)38-30(40)28-27-19-5-1-3-7-21(19)34(29(28)33(38)43,22-8-4-2-6-20(22)27)15-37-39-31(41)25-16-9-10-17(13-16)26(25)32(39)42/h1-12,14-17,25-29H,13H2/b37-15-/t16-,17-,25-,26+,27?,28+,29-,34?/m0/s1. The molecule has 0 N–H and O–H groups in total. The van der Waals surface area contributed by atoms with Gasteiger partial charge in [0, 0.05) is 17.2 Å². The van der Waals surface area contributed by atoms with Crippen molar-refractivity contribution >= 4 is 58.7 Å². The molecule has 7 nitrogen and oxygen atoms in total. The van der Waals surface area contributed by atoms with E-state index in [4.69, 9.17) is 23.2 Å². The van der Waals surface area contributed by atoms with Gasteiger partial charge in [0.15, 0.2) is 0 Å². The molecule has 9 heteroatoms. The summed E-state index contributed by atoms with van der Waals surface area (Å²) < 4.78 is 0. The van der Waals surface area contributed by atoms with Gasteiger partial charge in [-0.1, -0.05) is 83.9 Å². The highest BCUT2D eigenvalue weighted by Crippen LogP contribution is 2.64. The molecule has 2 aliphatic heterocycles. The van der Waals surface area contributed by atoms with Gasteiger partial charge in [0.05, 0.1) is 39.8 Å². The van der Waals surface area contributed by atoms with Gasteiger partial charge in [-0.15, -0.1) is 0 Å². The number of imide groups is 2. The Hall–Kier alpha value is -4.07. The summed E-state index contributed by atoms with van der Waals surface area (Å²) >= 11 is 12.7. The maximum Gasteiger partial charge on any atom is 0.254 e. The van der Waals surface area contributed by atoms with E-state index in [0.717, 1.165) is 33.7 Å². The van der Waals surface area contributed by atoms with Crippen molar-refractivity contribution in [3.63, 3.8) is 0 Å². The summed E-state index contributed by atoms with van der Waals surface area (Å²) in [6, 6.07) is 20.3. The van der Waals surface area contributed by atoms with Gasteiger partial charge in [-0.05, 0) is 58.7 Å². The lowest BCUT2D eigenvalue weighted by molar-refractivity contribution is -0.140. The van der Waals surface area contributed by atoms with Gasteiger partial charge in [-0.25, -0.2) is 4.90 Å². The van der Waals surface area contributed by atoms with Crippen molar-refractivity contribution < 1.29 is 19.2 Å². The van der Waals surface area contributed by atoms with Crippen LogP contribution in [-0.2, 0) is 24.6 Å². The molecular weight excluding hydrogens is 585 g/mol. The van der Waals surface area contributed by atoms with Crippen molar-refractivity contribution in [1.82, 2.24) is 5.01 Å². The molecule has 212 valence electrons. The number of fused-ring (bicyclic) bond motifs is 5. The molecule has 7 aliphatic rings. The Kier molecular flexibility index (Phi) is 5.04. The topological polar surface area (TPSA) is 87.1 Å². The number of hydrogen-bond donors (Lipinski definition) is 0. The normalized spacial score (nSPS) is 34.4. The summed E-state index contributed by atoms with van der Waals surface area (Å²) in [6.07, 6.45) is 6.51. The molecule has 4 bridgehead atoms. The van der Waals surface area contributed by atoms with Crippen molar-refractivity contribution in [2.45, 2.75) is 17.8 Å². The molecule has 4 amide bonds. The number of benzene rings is 3. The molecule has 0 unspecified atom stereocenters. The van der Waals surface area contributed by atoms with Gasteiger partial charge >= 0.3 is 0 Å². The van der Waals surface area contributed by atoms with Crippen LogP contribution in [0.25, 0.3) is 0 Å². The molecule has 10 rings (SSSR count). The Morgan fingerprint density at radius 1 is 0.744 bits per heavy atom. The number of hydrazone groups is 1. The van der Waals surface area contributed by atoms with Crippen molar-refractivity contribution in [2.24, 2.45) is 40.6 Å². The Balaban J connectivity index is 1.25. The van der Waals surface area contributed by atoms with Crippen LogP contribution in [0.4, 0.5) is 5.69 Å². The molecule has 0 radical (unpaired) electrons. The number of rotatable bonds is 3. The summed E-state index contributed by atoms with van der Waals surface area (Å²) in [7, 11) is 0. The highest BCUT2D eigenvalue weighted by Gasteiger charge is 2.68. The summed E-state index contributed by atoms with van der Waals surface area (Å²) in [5, 5.41) is 6.26. The molecule has 3 aromatic rings. The summed E-state index contributed by atoms with van der Waals surface area (Å²) in [6.45, 7) is 0. The maximum atomic E-state index is 14.6. The lowest BCUT2D eigenvalue weighted by Crippen LogP contribution is -2.55. The molecule has 1 saturated carbocycles. The molecule has 6 atom stereocenters. The number of halogens is 2. The van der Waals surface area contributed by atoms with E-state index in [0.29, 0.717) is 5.02 Å². The number of allylic oxidation sites excluding steroid dienone is 2. The molecule has 5 aliphatic carbocycles. The van der Waals surface area contributed by atoms with Crippen LogP contribution < -0.4 is 4.90 Å². The smallest absolute Gasteiger partial charge is 0.254 e. The largest absolute Gasteiger partial charge is 0.274 e. The second-order valence-corrected chi connectivity index (χ2v) is 13.2. The second-order valence-electron chi connectivity index (χ2n) is 12.4. The molecule has 2 heterocycles. The minimum atomic E-state index is -1.21. The van der Waals surface area contributed by atoms with Gasteiger partial charge in [0.25, 0.3) is 11.8 Å². The van der Waals surface area contributed by atoms with E-state index in [1.165, 1.54) is 11.0 Å². The average Bonchev–Trinajstić information content (AvgIpc) is 3.75. The van der Waals surface area contributed by atoms with Crippen LogP contribution in [0.3, 0.4) is 0 Å². The van der Waals surface area contributed by atoms with E-state index in [9.17, 15) is 19.2 Å². The van der Waals surface area contributed by atoms with Gasteiger partial charge in [0.1, 0.15) is 0 Å². The maximum absolute atomic E-state index is 14.6. The van der Waals surface area contributed by atoms with Crippen molar-refractivity contribution in [2.75, 3.05) is 4.90 Å². The molecule has 2 saturated heterocycles. The lowest BCUT2D eigenvalue weighted by Gasteiger charge is -2.52. The summed E-state index contributed by atoms with van der Waals surface area (Å²) in [4.78, 5) is 57.3. The van der Waals surface area contributed by atoms with E-state index < -0.39 is 35.0 Å². The number of nitrogens with zero attached hydrogens (tertiary/aromatic N) is 3. The Morgan fingerprint density at radius 3 is 1.95 bits per heavy atom. The zero-order chi connectivity index (χ0) is 29.4. The van der Waals surface area contributed by atoms with E-state index in [-0.39, 0.29) is 46.2 Å². The number of carbonyl (C=O) groups excluding carboxylic acids is 4. The van der Waals surface area contributed by atoms with Crippen molar-refractivity contribution in [3.05, 3.63) is 111 Å². The zero-order valence-electron chi connectivity index (χ0n) is 22.6. The third-order valence-corrected chi connectivity index (χ3v) is 11.2. The monoisotopic (exact) mass is 607 g/mol. The molecule has 0 aromatic heterocycles. The minimum Gasteiger partial charge on any atom is -0.274 e. The van der Waals surface area contributed by atoms with Crippen LogP contribution >= 0.6 is 23.2 Å². The highest BCUT2D eigenvalue weighted by atomic mass is 35.5. The SMILES string of the molecule is O=C1[C@@H]2[C@H](C(=O)N1/N=C\C13c4ccccc4C(c4ccccc41)[C@H]1C(=O)N(c4ccc(Cl)cc4Cl)C(=O)[C@H]13)[C@H]1C=C[C@H]2C1. The Labute approximate surface area is 256 Å². The average molecular weight is 608 g/mol. The number of amides is 4. The molecular formula is C34H23Cl2N3O4. The van der Waals surface area contributed by atoms with Crippen molar-refractivity contribution in [1.29, 1.82) is 0 Å². The molecule has 3 fully saturated rings. The van der Waals surface area contributed by atoms with E-state index in [1.807, 2.05) is 60.7 Å². The fourth-order valence-electron chi connectivity index (χ4n) is 9.10. The third-order valence-electron chi connectivity index (χ3n) is 10.7. The molecule has 0 spiro atoms. The molecule has 3 aromatic carbocycles. The second kappa shape index (κ2) is 8.52. The first-order valence-electron chi connectivity index (χ1n) is 14.5. The lowest BCUT2D eigenvalue weighted by atomic mass is 9.47. The predicted molar refractivity (Wildman–Crippen MR) is 160 cm³/mol. The van der Waals surface area contributed by atoms with Crippen LogP contribution in [0, 0.1) is 35.5 Å². The number of hydrogen-bond acceptors (Lipinski definition) is 5. The third kappa shape index (κ3) is 2.99. The summed E-state index contributed by atoms with van der Waals surface area (Å²) in [5.41, 5.74) is 2.61. The van der Waals surface area contributed by atoms with E-state index >= 15 is 0 Å². The van der Waals surface area contributed by atoms with Gasteiger partial charge in [-0.2, -0.15) is 10.1 Å². The quantitative estimate of drug-likeness (QED) is 0.228. The van der Waals surface area contributed by atoms with Gasteiger partial charge in [0.2, 0.25) is 11.8 Å². The van der Waals surface area contributed by atoms with Crippen LogP contribution in [0.2, 0.25) is 10.0 Å². The van der Waals surface area contributed by atoms with E-state index in [2.05, 4.69) is 5.10 Å². The van der Waals surface area contributed by atoms with Crippen LogP contribution in [0.15, 0.2) is 84.0 Å². The Morgan fingerprint density at radius 2 is 1.35 bits per heavy atom. The van der Waals surface area contributed by atoms with Gasteiger partial charge < -0.3 is 0 Å². The van der Waals surface area contributed by atoms with Crippen LogP contribution in [0.5, 0.6) is 0 Å². The number of carbonyl (C=O) groups is 4. The Bertz CT molecular complexity index is 1820. The zero-order valence-corrected chi connectivity index (χ0v) is 24.1. The van der Waals surface area contributed by atoms with Gasteiger partial charge in [-0.3, -0.25) is 19.2 Å². The van der Waals surface area contributed by atoms with Crippen LogP contribution in [-0.4, -0.2) is 34.9 Å². The van der Waals surface area contributed by atoms with E-state index in [1.54, 1.807) is 18.3 Å². The first-order valence-corrected chi connectivity index (χ1v) is 15.2. The predicted octanol–water partition coefficient (Wildman–Crippen LogP) is 5.34. The summed E-state index contributed by atoms with van der Waals surface area (Å²) in [5.74, 6) is -4.02. The first kappa shape index (κ1) is 25.4. The number of anilines is 1. The minimum absolute atomic E-state index is 0.0486. The first-order chi connectivity index (χ1) is 20.8.